The molecule has 190 valence electrons. The highest BCUT2D eigenvalue weighted by Crippen LogP contribution is 2.12. The number of benzene rings is 1. The van der Waals surface area contributed by atoms with Gasteiger partial charge in [0.15, 0.2) is 0 Å². The fraction of sp³-hybridized carbons (Fsp3) is 0.435. The number of carbonyl (C=O) groups excluding carboxylic acids is 3. The number of phenols is 1. The number of H-pyrrole nitrogens is 1. The van der Waals surface area contributed by atoms with Crippen LogP contribution in [-0.2, 0) is 32.0 Å². The Morgan fingerprint density at radius 2 is 1.69 bits per heavy atom. The summed E-state index contributed by atoms with van der Waals surface area (Å²) in [6.45, 7) is 3.34. The van der Waals surface area contributed by atoms with Gasteiger partial charge in [-0.25, -0.2) is 9.78 Å². The molecule has 0 saturated carbocycles. The second-order valence-electron chi connectivity index (χ2n) is 8.25. The molecule has 4 atom stereocenters. The quantitative estimate of drug-likeness (QED) is 0.194. The van der Waals surface area contributed by atoms with Crippen LogP contribution >= 0.6 is 0 Å². The zero-order chi connectivity index (χ0) is 26.0. The van der Waals surface area contributed by atoms with E-state index in [2.05, 4.69) is 25.9 Å². The first kappa shape index (κ1) is 27.3. The van der Waals surface area contributed by atoms with E-state index in [1.165, 1.54) is 24.7 Å². The van der Waals surface area contributed by atoms with E-state index in [1.54, 1.807) is 19.1 Å². The zero-order valence-electron chi connectivity index (χ0n) is 19.7. The number of rotatable bonds is 13. The lowest BCUT2D eigenvalue weighted by atomic mass is 9.97. The van der Waals surface area contributed by atoms with Crippen molar-refractivity contribution in [3.05, 3.63) is 48.0 Å². The third kappa shape index (κ3) is 8.41. The number of aliphatic carboxylic acids is 1. The highest BCUT2D eigenvalue weighted by atomic mass is 16.4. The molecular weight excluding hydrogens is 456 g/mol. The number of aromatic amines is 1. The molecule has 0 aliphatic rings. The Bertz CT molecular complexity index is 994. The van der Waals surface area contributed by atoms with Gasteiger partial charge in [-0.15, -0.1) is 0 Å². The monoisotopic (exact) mass is 488 g/mol. The van der Waals surface area contributed by atoms with Crippen molar-refractivity contribution in [3.8, 4) is 5.75 Å². The first-order chi connectivity index (χ1) is 16.6. The van der Waals surface area contributed by atoms with Crippen LogP contribution in [0.25, 0.3) is 0 Å². The maximum absolute atomic E-state index is 13.1. The summed E-state index contributed by atoms with van der Waals surface area (Å²) < 4.78 is 0. The Morgan fingerprint density at radius 1 is 1.03 bits per heavy atom. The molecule has 2 aromatic rings. The van der Waals surface area contributed by atoms with Crippen molar-refractivity contribution in [2.24, 2.45) is 11.7 Å². The van der Waals surface area contributed by atoms with Crippen LogP contribution in [0.5, 0.6) is 5.75 Å². The smallest absolute Gasteiger partial charge is 0.326 e. The number of aromatic nitrogens is 2. The van der Waals surface area contributed by atoms with E-state index < -0.39 is 41.8 Å². The summed E-state index contributed by atoms with van der Waals surface area (Å²) in [5, 5.41) is 26.8. The molecule has 3 amide bonds. The molecule has 0 aliphatic heterocycles. The zero-order valence-corrected chi connectivity index (χ0v) is 19.7. The van der Waals surface area contributed by atoms with E-state index in [4.69, 9.17) is 5.73 Å². The molecule has 0 saturated heterocycles. The van der Waals surface area contributed by atoms with Gasteiger partial charge in [-0.3, -0.25) is 14.4 Å². The first-order valence-corrected chi connectivity index (χ1v) is 11.2. The Balaban J connectivity index is 2.21. The van der Waals surface area contributed by atoms with E-state index >= 15 is 0 Å². The minimum atomic E-state index is -1.28. The molecule has 12 heteroatoms. The van der Waals surface area contributed by atoms with Gasteiger partial charge in [0.25, 0.3) is 0 Å². The highest BCUT2D eigenvalue weighted by molar-refractivity contribution is 5.93. The van der Waals surface area contributed by atoms with Crippen molar-refractivity contribution < 1.29 is 29.4 Å². The summed E-state index contributed by atoms with van der Waals surface area (Å²) in [5.41, 5.74) is 6.50. The molecule has 0 bridgehead atoms. The number of hydrogen-bond acceptors (Lipinski definition) is 7. The second-order valence-corrected chi connectivity index (χ2v) is 8.25. The van der Waals surface area contributed by atoms with Crippen molar-refractivity contribution in [2.45, 2.75) is 51.2 Å². The van der Waals surface area contributed by atoms with Crippen LogP contribution in [0.4, 0.5) is 0 Å². The van der Waals surface area contributed by atoms with E-state index in [-0.39, 0.29) is 31.1 Å². The molecule has 2 rings (SSSR count). The molecule has 0 spiro atoms. The van der Waals surface area contributed by atoms with Crippen LogP contribution < -0.4 is 21.7 Å². The standard InChI is InChI=1S/C23H32N6O6/c1-3-13(2)20(29-19(31)10-24)22(33)27-17(9-15-11-25-12-26-15)21(32)28-18(23(34)35)8-14-4-6-16(30)7-5-14/h4-7,11-13,17-18,20,30H,3,8-10,24H2,1-2H3,(H,25,26)(H,27,33)(H,28,32)(H,29,31)(H,34,35). The number of aromatic hydroxyl groups is 1. The summed E-state index contributed by atoms with van der Waals surface area (Å²) in [7, 11) is 0. The maximum atomic E-state index is 13.1. The number of hydrogen-bond donors (Lipinski definition) is 7. The number of carbonyl (C=O) groups is 4. The fourth-order valence-electron chi connectivity index (χ4n) is 3.36. The largest absolute Gasteiger partial charge is 0.508 e. The Kier molecular flexibility index (Phi) is 10.2. The minimum Gasteiger partial charge on any atom is -0.508 e. The maximum Gasteiger partial charge on any atom is 0.326 e. The number of carboxylic acids is 1. The van der Waals surface area contributed by atoms with E-state index in [1.807, 2.05) is 6.92 Å². The van der Waals surface area contributed by atoms with Crippen molar-refractivity contribution in [1.29, 1.82) is 0 Å². The number of phenolic OH excluding ortho intramolecular Hbond substituents is 1. The van der Waals surface area contributed by atoms with Crippen LogP contribution in [0.15, 0.2) is 36.8 Å². The van der Waals surface area contributed by atoms with Crippen molar-refractivity contribution >= 4 is 23.7 Å². The molecule has 0 fully saturated rings. The lowest BCUT2D eigenvalue weighted by Crippen LogP contribution is -2.58. The Labute approximate surface area is 202 Å². The molecule has 12 nitrogen and oxygen atoms in total. The van der Waals surface area contributed by atoms with Gasteiger partial charge in [-0.1, -0.05) is 32.4 Å². The Hall–Kier alpha value is -3.93. The van der Waals surface area contributed by atoms with Gasteiger partial charge >= 0.3 is 5.97 Å². The van der Waals surface area contributed by atoms with E-state index in [0.717, 1.165) is 0 Å². The summed E-state index contributed by atoms with van der Waals surface area (Å²) in [5.74, 6) is -3.30. The summed E-state index contributed by atoms with van der Waals surface area (Å²) >= 11 is 0. The number of nitrogens with two attached hydrogens (primary N) is 1. The third-order valence-corrected chi connectivity index (χ3v) is 5.60. The lowest BCUT2D eigenvalue weighted by molar-refractivity contribution is -0.142. The second kappa shape index (κ2) is 13.1. The molecule has 8 N–H and O–H groups in total. The van der Waals surface area contributed by atoms with E-state index in [9.17, 15) is 29.4 Å². The van der Waals surface area contributed by atoms with Gasteiger partial charge in [0.2, 0.25) is 17.7 Å². The summed E-state index contributed by atoms with van der Waals surface area (Å²) in [6.07, 6.45) is 3.46. The van der Waals surface area contributed by atoms with Gasteiger partial charge in [0.1, 0.15) is 23.9 Å². The topological polar surface area (TPSA) is 200 Å². The summed E-state index contributed by atoms with van der Waals surface area (Å²) in [6, 6.07) is 2.59. The summed E-state index contributed by atoms with van der Waals surface area (Å²) in [4.78, 5) is 56.6. The van der Waals surface area contributed by atoms with Crippen molar-refractivity contribution in [2.75, 3.05) is 6.54 Å². The van der Waals surface area contributed by atoms with Crippen LogP contribution in [0.1, 0.15) is 31.5 Å². The lowest BCUT2D eigenvalue weighted by Gasteiger charge is -2.27. The third-order valence-electron chi connectivity index (χ3n) is 5.60. The molecule has 1 aromatic heterocycles. The molecule has 1 aromatic carbocycles. The Morgan fingerprint density at radius 3 is 2.23 bits per heavy atom. The average molecular weight is 489 g/mol. The minimum absolute atomic E-state index is 0.0151. The number of carboxylic acid groups (broad SMARTS) is 1. The van der Waals surface area contributed by atoms with Crippen LogP contribution in [-0.4, -0.2) is 68.5 Å². The fourth-order valence-corrected chi connectivity index (χ4v) is 3.36. The van der Waals surface area contributed by atoms with Gasteiger partial charge in [0.05, 0.1) is 12.9 Å². The average Bonchev–Trinajstić information content (AvgIpc) is 3.35. The normalized spacial score (nSPS) is 14.3. The van der Waals surface area contributed by atoms with Crippen molar-refractivity contribution in [3.63, 3.8) is 0 Å². The van der Waals surface area contributed by atoms with Crippen molar-refractivity contribution in [1.82, 2.24) is 25.9 Å². The first-order valence-electron chi connectivity index (χ1n) is 11.2. The number of imidazole rings is 1. The van der Waals surface area contributed by atoms with Crippen LogP contribution in [0, 0.1) is 5.92 Å². The molecule has 35 heavy (non-hydrogen) atoms. The number of nitrogens with zero attached hydrogens (tertiary/aromatic N) is 1. The predicted octanol–water partition coefficient (Wildman–Crippen LogP) is -0.556. The number of amides is 3. The van der Waals surface area contributed by atoms with Gasteiger partial charge in [-0.05, 0) is 23.6 Å². The van der Waals surface area contributed by atoms with Gasteiger partial charge in [0, 0.05) is 24.7 Å². The molecule has 0 aliphatic carbocycles. The van der Waals surface area contributed by atoms with Crippen LogP contribution in [0.3, 0.4) is 0 Å². The predicted molar refractivity (Wildman–Crippen MR) is 126 cm³/mol. The van der Waals surface area contributed by atoms with Gasteiger partial charge in [-0.2, -0.15) is 0 Å². The van der Waals surface area contributed by atoms with Crippen LogP contribution in [0.2, 0.25) is 0 Å². The molecule has 1 heterocycles. The highest BCUT2D eigenvalue weighted by Gasteiger charge is 2.32. The van der Waals surface area contributed by atoms with E-state index in [0.29, 0.717) is 17.7 Å². The molecule has 0 radical (unpaired) electrons. The SMILES string of the molecule is CCC(C)C(NC(=O)CN)C(=O)NC(Cc1cnc[nH]1)C(=O)NC(Cc1ccc(O)cc1)C(=O)O. The molecule has 4 unspecified atom stereocenters. The number of nitrogens with one attached hydrogen (secondary N) is 4. The molecular formula is C23H32N6O6. The van der Waals surface area contributed by atoms with Gasteiger partial charge < -0.3 is 36.9 Å².